The molecule has 0 amide bonds. The van der Waals surface area contributed by atoms with Gasteiger partial charge in [-0.1, -0.05) is 0 Å². The standard InChI is InChI=1S/C13H14FN3O5/c14-7-1-6(2-15)11(16-3-7)17-8-9(19)10(20)13(4-18)5-21-12(8)22-13/h1,3,8-10,12,18-20H,4-5H2,(H,16,17)/t8-,9-,10-,12+,13+/m1/s1. The van der Waals surface area contributed by atoms with E-state index in [-0.39, 0.29) is 18.0 Å². The van der Waals surface area contributed by atoms with Crippen molar-refractivity contribution in [3.63, 3.8) is 0 Å². The Bertz CT molecular complexity index is 624. The molecule has 2 bridgehead atoms. The summed E-state index contributed by atoms with van der Waals surface area (Å²) in [6, 6.07) is 1.85. The van der Waals surface area contributed by atoms with E-state index in [1.165, 1.54) is 0 Å². The fraction of sp³-hybridized carbons (Fsp3) is 0.538. The van der Waals surface area contributed by atoms with Crippen molar-refractivity contribution in [1.82, 2.24) is 4.98 Å². The average molecular weight is 311 g/mol. The van der Waals surface area contributed by atoms with Crippen LogP contribution in [0, 0.1) is 17.1 Å². The zero-order valence-electron chi connectivity index (χ0n) is 11.3. The Morgan fingerprint density at radius 2 is 2.32 bits per heavy atom. The van der Waals surface area contributed by atoms with Crippen LogP contribution in [0.3, 0.4) is 0 Å². The molecule has 8 nitrogen and oxygen atoms in total. The Morgan fingerprint density at radius 3 is 3.00 bits per heavy atom. The smallest absolute Gasteiger partial charge is 0.181 e. The minimum absolute atomic E-state index is 0.0377. The predicted octanol–water partition coefficient (Wildman–Crippen LogP) is -1.29. The number of halogens is 1. The molecule has 1 aromatic rings. The monoisotopic (exact) mass is 311 g/mol. The van der Waals surface area contributed by atoms with Gasteiger partial charge in [-0.25, -0.2) is 9.37 Å². The summed E-state index contributed by atoms with van der Waals surface area (Å²) < 4.78 is 23.9. The SMILES string of the molecule is N#Cc1cc(F)cnc1N[C@H]1[C@H]2OC[C@](CO)(O2)[C@H](O)[C@@H]1O. The van der Waals surface area contributed by atoms with Crippen LogP contribution >= 0.6 is 0 Å². The number of hydrogen-bond donors (Lipinski definition) is 4. The second-order valence-electron chi connectivity index (χ2n) is 5.29. The second-order valence-corrected chi connectivity index (χ2v) is 5.29. The van der Waals surface area contributed by atoms with Crippen LogP contribution in [-0.4, -0.2) is 63.7 Å². The van der Waals surface area contributed by atoms with Gasteiger partial charge in [0.25, 0.3) is 0 Å². The van der Waals surface area contributed by atoms with Gasteiger partial charge in [0.05, 0.1) is 25.0 Å². The van der Waals surface area contributed by atoms with Gasteiger partial charge in [0, 0.05) is 0 Å². The van der Waals surface area contributed by atoms with Gasteiger partial charge in [0.2, 0.25) is 0 Å². The van der Waals surface area contributed by atoms with E-state index in [1.54, 1.807) is 6.07 Å². The molecule has 0 aliphatic carbocycles. The molecule has 0 saturated carbocycles. The van der Waals surface area contributed by atoms with E-state index in [0.717, 1.165) is 12.3 Å². The van der Waals surface area contributed by atoms with Gasteiger partial charge < -0.3 is 30.1 Å². The van der Waals surface area contributed by atoms with Gasteiger partial charge in [-0.3, -0.25) is 0 Å². The largest absolute Gasteiger partial charge is 0.393 e. The molecule has 5 atom stereocenters. The van der Waals surface area contributed by atoms with Gasteiger partial charge in [-0.15, -0.1) is 0 Å². The maximum atomic E-state index is 13.1. The molecule has 118 valence electrons. The van der Waals surface area contributed by atoms with Crippen LogP contribution in [0.15, 0.2) is 12.3 Å². The van der Waals surface area contributed by atoms with Crippen LogP contribution in [-0.2, 0) is 9.47 Å². The summed E-state index contributed by atoms with van der Waals surface area (Å²) in [6.45, 7) is -0.584. The van der Waals surface area contributed by atoms with Crippen LogP contribution in [0.1, 0.15) is 5.56 Å². The average Bonchev–Trinajstić information content (AvgIpc) is 2.93. The van der Waals surface area contributed by atoms with Crippen molar-refractivity contribution in [2.75, 3.05) is 18.5 Å². The highest BCUT2D eigenvalue weighted by molar-refractivity contribution is 5.52. The Hall–Kier alpha value is -1.83. The third kappa shape index (κ3) is 2.22. The lowest BCUT2D eigenvalue weighted by atomic mass is 9.88. The first-order valence-corrected chi connectivity index (χ1v) is 6.59. The highest BCUT2D eigenvalue weighted by Gasteiger charge is 2.59. The predicted molar refractivity (Wildman–Crippen MR) is 69.0 cm³/mol. The van der Waals surface area contributed by atoms with Crippen molar-refractivity contribution in [3.8, 4) is 6.07 Å². The summed E-state index contributed by atoms with van der Waals surface area (Å²) in [4.78, 5) is 3.76. The normalized spacial score (nSPS) is 36.9. The fourth-order valence-corrected chi connectivity index (χ4v) is 2.65. The number of ether oxygens (including phenoxy) is 2. The van der Waals surface area contributed by atoms with E-state index >= 15 is 0 Å². The van der Waals surface area contributed by atoms with Gasteiger partial charge in [0.1, 0.15) is 41.6 Å². The number of nitrogens with zero attached hydrogens (tertiary/aromatic N) is 2. The van der Waals surface area contributed by atoms with Crippen LogP contribution in [0.2, 0.25) is 0 Å². The molecular formula is C13H14FN3O5. The molecule has 22 heavy (non-hydrogen) atoms. The zero-order chi connectivity index (χ0) is 15.9. The summed E-state index contributed by atoms with van der Waals surface area (Å²) >= 11 is 0. The number of aliphatic hydroxyl groups excluding tert-OH is 3. The molecule has 4 N–H and O–H groups in total. The van der Waals surface area contributed by atoms with Crippen LogP contribution in [0.4, 0.5) is 10.2 Å². The van der Waals surface area contributed by atoms with Crippen molar-refractivity contribution < 1.29 is 29.2 Å². The lowest BCUT2D eigenvalue weighted by Crippen LogP contribution is -2.64. The van der Waals surface area contributed by atoms with E-state index in [1.807, 2.05) is 0 Å². The zero-order valence-corrected chi connectivity index (χ0v) is 11.3. The third-order valence-electron chi connectivity index (χ3n) is 3.91. The van der Waals surface area contributed by atoms with Crippen molar-refractivity contribution in [2.45, 2.75) is 30.1 Å². The van der Waals surface area contributed by atoms with E-state index in [4.69, 9.17) is 14.7 Å². The summed E-state index contributed by atoms with van der Waals surface area (Å²) in [7, 11) is 0. The van der Waals surface area contributed by atoms with Crippen LogP contribution in [0.5, 0.6) is 0 Å². The van der Waals surface area contributed by atoms with Crippen LogP contribution in [0.25, 0.3) is 0 Å². The number of rotatable bonds is 3. The lowest BCUT2D eigenvalue weighted by Gasteiger charge is -2.42. The summed E-state index contributed by atoms with van der Waals surface area (Å²) in [5, 5.41) is 41.4. The molecule has 9 heteroatoms. The molecule has 3 heterocycles. The van der Waals surface area contributed by atoms with Crippen molar-refractivity contribution in [3.05, 3.63) is 23.6 Å². The fourth-order valence-electron chi connectivity index (χ4n) is 2.65. The number of nitrogens with one attached hydrogen (secondary N) is 1. The summed E-state index contributed by atoms with van der Waals surface area (Å²) in [5.41, 5.74) is -1.42. The van der Waals surface area contributed by atoms with E-state index < -0.39 is 42.6 Å². The molecule has 3 rings (SSSR count). The number of aromatic nitrogens is 1. The van der Waals surface area contributed by atoms with E-state index in [2.05, 4.69) is 10.3 Å². The van der Waals surface area contributed by atoms with Gasteiger partial charge in [-0.05, 0) is 6.07 Å². The first-order valence-electron chi connectivity index (χ1n) is 6.59. The molecule has 0 unspecified atom stereocenters. The molecule has 2 aliphatic heterocycles. The van der Waals surface area contributed by atoms with Crippen molar-refractivity contribution >= 4 is 5.82 Å². The molecule has 2 aliphatic rings. The highest BCUT2D eigenvalue weighted by atomic mass is 19.1. The third-order valence-corrected chi connectivity index (χ3v) is 3.91. The number of hydrogen-bond acceptors (Lipinski definition) is 8. The van der Waals surface area contributed by atoms with Crippen molar-refractivity contribution in [1.29, 1.82) is 5.26 Å². The van der Waals surface area contributed by atoms with Gasteiger partial charge >= 0.3 is 0 Å². The molecular weight excluding hydrogens is 297 g/mol. The molecule has 0 aromatic carbocycles. The maximum absolute atomic E-state index is 13.1. The van der Waals surface area contributed by atoms with Gasteiger partial charge in [-0.2, -0.15) is 5.26 Å². The minimum atomic E-state index is -1.39. The number of pyridine rings is 1. The van der Waals surface area contributed by atoms with Gasteiger partial charge in [0.15, 0.2) is 6.29 Å². The van der Waals surface area contributed by atoms with Crippen molar-refractivity contribution in [2.24, 2.45) is 0 Å². The maximum Gasteiger partial charge on any atom is 0.181 e. The second kappa shape index (κ2) is 5.42. The summed E-state index contributed by atoms with van der Waals surface area (Å²) in [5.74, 6) is -0.630. The molecule has 1 aromatic heterocycles. The highest BCUT2D eigenvalue weighted by Crippen LogP contribution is 2.37. The quantitative estimate of drug-likeness (QED) is 0.543. The molecule has 0 spiro atoms. The molecule has 0 radical (unpaired) electrons. The summed E-state index contributed by atoms with van der Waals surface area (Å²) in [6.07, 6.45) is -2.74. The Morgan fingerprint density at radius 1 is 1.55 bits per heavy atom. The Balaban J connectivity index is 1.86. The number of aliphatic hydroxyl groups is 3. The minimum Gasteiger partial charge on any atom is -0.393 e. The number of nitriles is 1. The topological polar surface area (TPSA) is 128 Å². The molecule has 2 saturated heterocycles. The van der Waals surface area contributed by atoms with Crippen LogP contribution < -0.4 is 5.32 Å². The first kappa shape index (κ1) is 15.1. The number of anilines is 1. The first-order chi connectivity index (χ1) is 10.5. The van der Waals surface area contributed by atoms with E-state index in [0.29, 0.717) is 0 Å². The Labute approximate surface area is 124 Å². The van der Waals surface area contributed by atoms with E-state index in [9.17, 15) is 19.7 Å². The lowest BCUT2D eigenvalue weighted by molar-refractivity contribution is -0.224. The Kier molecular flexibility index (Phi) is 3.72. The number of fused-ring (bicyclic) bond motifs is 2. The molecule has 2 fully saturated rings.